The van der Waals surface area contributed by atoms with Gasteiger partial charge in [-0.3, -0.25) is 4.79 Å². The molecular formula is C15H47O3P23. The van der Waals surface area contributed by atoms with E-state index in [1.165, 1.54) is 11.1 Å². The fraction of sp³-hybridized carbons (Fsp3) is 0.800. The normalized spacial score (nSPS) is 28.9. The number of carbonyl (C=O) groups excluding carboxylic acids is 1. The minimum absolute atomic E-state index is 0.0207. The Bertz CT molecular complexity index is 892. The highest BCUT2D eigenvalue weighted by atomic mass is 33.2. The Hall–Kier alpha value is 9.22. The first-order valence-electron chi connectivity index (χ1n) is 12.1. The second-order valence-electron chi connectivity index (χ2n) is 10.2. The van der Waals surface area contributed by atoms with Gasteiger partial charge in [-0.25, -0.2) is 0 Å². The van der Waals surface area contributed by atoms with Crippen molar-refractivity contribution in [3.63, 3.8) is 0 Å². The van der Waals surface area contributed by atoms with Gasteiger partial charge in [0.05, 0.1) is 27.3 Å². The van der Waals surface area contributed by atoms with Crippen molar-refractivity contribution in [2.24, 2.45) is 17.3 Å². The average molecular weight is 988 g/mol. The molecule has 0 aromatic rings. The number of hydrogen-bond donors (Lipinski definition) is 0. The Morgan fingerprint density at radius 2 is 1.32 bits per heavy atom. The summed E-state index contributed by atoms with van der Waals surface area (Å²) in [6.07, 6.45) is 2.40. The van der Waals surface area contributed by atoms with E-state index in [1.807, 2.05) is 0 Å². The first-order chi connectivity index (χ1) is 18.9. The van der Waals surface area contributed by atoms with Crippen LogP contribution in [0.25, 0.3) is 0 Å². The standard InChI is InChI=1S/C15H47O3P23/c1-8-5-13(18-32(34(20)21)40(31-19)36(24)25)14-9(2)12(7-10(6-11(8)16)15(14,3)4)17-33(39(30)35(22)23)41(37(26)27)38(28)29/h8,10,12-13,31H,5-7,19-30H2,1-4H3/t8-,10?,12?,13?,32?,33?,39?,40?/m1/s1. The van der Waals surface area contributed by atoms with Crippen LogP contribution in [0.5, 0.6) is 0 Å². The molecule has 41 heavy (non-hydrogen) atoms. The molecule has 0 radical (unpaired) electrons. The number of fused-ring (bicyclic) bond motifs is 2. The molecule has 1 fully saturated rings. The van der Waals surface area contributed by atoms with Crippen LogP contribution in [-0.4, -0.2) is 18.0 Å². The largest absolute Gasteiger partial charge is 0.341 e. The van der Waals surface area contributed by atoms with E-state index in [0.29, 0.717) is 12.2 Å². The zero-order valence-corrected chi connectivity index (χ0v) is 47.4. The minimum atomic E-state index is -0.614. The molecule has 20 unspecified atom stereocenters. The monoisotopic (exact) mass is 988 g/mol. The van der Waals surface area contributed by atoms with E-state index < -0.39 is 15.1 Å². The van der Waals surface area contributed by atoms with Crippen LogP contribution >= 0.6 is 186 Å². The Kier molecular flexibility index (Phi) is 24.8. The summed E-state index contributed by atoms with van der Waals surface area (Å²) in [7, 11) is 36.9. The molecule has 21 atom stereocenters. The lowest BCUT2D eigenvalue weighted by atomic mass is 9.59. The van der Waals surface area contributed by atoms with Crippen LogP contribution < -0.4 is 0 Å². The summed E-state index contributed by atoms with van der Waals surface area (Å²) < 4.78 is 14.8. The Morgan fingerprint density at radius 3 is 1.76 bits per heavy atom. The molecule has 3 nitrogen and oxygen atoms in total. The van der Waals surface area contributed by atoms with Crippen molar-refractivity contribution in [1.29, 1.82) is 0 Å². The predicted octanol–water partition coefficient (Wildman–Crippen LogP) is 16.2. The third-order valence-electron chi connectivity index (χ3n) is 7.12. The predicted molar refractivity (Wildman–Crippen MR) is 262 cm³/mol. The number of rotatable bonds is 13. The smallest absolute Gasteiger partial charge is 0.136 e. The number of carbonyl (C=O) groups is 1. The van der Waals surface area contributed by atoms with Crippen LogP contribution in [-0.2, 0) is 13.8 Å². The van der Waals surface area contributed by atoms with E-state index in [4.69, 9.17) is 9.05 Å². The van der Waals surface area contributed by atoms with Crippen molar-refractivity contribution in [1.82, 2.24) is 0 Å². The molecule has 0 spiro atoms. The van der Waals surface area contributed by atoms with Crippen LogP contribution in [0.3, 0.4) is 0 Å². The third kappa shape index (κ3) is 13.2. The van der Waals surface area contributed by atoms with Gasteiger partial charge in [0, 0.05) is 33.3 Å². The van der Waals surface area contributed by atoms with Gasteiger partial charge in [-0.1, -0.05) is 37.7 Å². The molecule has 0 saturated heterocycles. The van der Waals surface area contributed by atoms with Crippen molar-refractivity contribution in [3.8, 4) is 0 Å². The summed E-state index contributed by atoms with van der Waals surface area (Å²) in [5.41, 5.74) is 2.74. The van der Waals surface area contributed by atoms with Gasteiger partial charge < -0.3 is 9.05 Å². The van der Waals surface area contributed by atoms with Gasteiger partial charge in [0.25, 0.3) is 0 Å². The quantitative estimate of drug-likeness (QED) is 0.136. The highest BCUT2D eigenvalue weighted by Gasteiger charge is 2.50. The maximum absolute atomic E-state index is 13.6. The van der Waals surface area contributed by atoms with Crippen molar-refractivity contribution < 1.29 is 13.8 Å². The van der Waals surface area contributed by atoms with Gasteiger partial charge in [0.15, 0.2) is 0 Å². The molecule has 0 amide bonds. The maximum Gasteiger partial charge on any atom is 0.136 e. The third-order valence-corrected chi connectivity index (χ3v) is 125. The molecule has 2 bridgehead atoms. The van der Waals surface area contributed by atoms with E-state index in [0.717, 1.165) is 20.8 Å². The summed E-state index contributed by atoms with van der Waals surface area (Å²) >= 11 is 0. The van der Waals surface area contributed by atoms with Crippen LogP contribution in [0.1, 0.15) is 47.0 Å². The Morgan fingerprint density at radius 1 is 0.780 bits per heavy atom. The SMILES string of the molecule is CC1=C2C(OP(P(P)P)P(PP)P(P)P)C[C@@H](C)C(=O)CC(CC1OP(P(P)P(P)P)P(P(P)P)P(P)P)C2(C)C. The lowest BCUT2D eigenvalue weighted by Gasteiger charge is -2.51. The molecule has 2 aliphatic carbocycles. The fourth-order valence-corrected chi connectivity index (χ4v) is 167. The molecule has 0 aromatic heterocycles. The highest BCUT2D eigenvalue weighted by Crippen LogP contribution is 3.18. The molecule has 0 aliphatic heterocycles. The minimum Gasteiger partial charge on any atom is -0.341 e. The first-order valence-corrected chi connectivity index (χ1v) is 52.5. The Balaban J connectivity index is 2.69. The molecule has 0 N–H and O–H groups in total. The van der Waals surface area contributed by atoms with Crippen molar-refractivity contribution in [2.45, 2.75) is 59.2 Å². The molecule has 0 aromatic carbocycles. The van der Waals surface area contributed by atoms with E-state index in [-0.39, 0.29) is 85.4 Å². The van der Waals surface area contributed by atoms with E-state index in [1.54, 1.807) is 0 Å². The van der Waals surface area contributed by atoms with Gasteiger partial charge in [-0.05, 0) is 77.2 Å². The fourth-order valence-electron chi connectivity index (χ4n) is 5.06. The summed E-state index contributed by atoms with van der Waals surface area (Å²) in [6, 6.07) is 0. The van der Waals surface area contributed by atoms with Crippen LogP contribution in [0.2, 0.25) is 0 Å². The molecular weight excluding hydrogens is 941 g/mol. The Labute approximate surface area is 290 Å². The van der Waals surface area contributed by atoms with E-state index in [9.17, 15) is 4.79 Å². The maximum atomic E-state index is 13.6. The lowest BCUT2D eigenvalue weighted by molar-refractivity contribution is -0.126. The van der Waals surface area contributed by atoms with Crippen LogP contribution in [0.4, 0.5) is 0 Å². The van der Waals surface area contributed by atoms with Gasteiger partial charge >= 0.3 is 0 Å². The molecule has 1 saturated carbocycles. The van der Waals surface area contributed by atoms with E-state index in [2.05, 4.69) is 135 Å². The highest BCUT2D eigenvalue weighted by molar-refractivity contribution is 9.19. The van der Waals surface area contributed by atoms with Crippen molar-refractivity contribution >= 4 is 192 Å². The first kappa shape index (κ1) is 46.4. The molecule has 2 rings (SSSR count). The number of hydrogen-bond acceptors (Lipinski definition) is 3. The summed E-state index contributed by atoms with van der Waals surface area (Å²) in [5, 5.41) is 0. The summed E-state index contributed by atoms with van der Waals surface area (Å²) in [4.78, 5) is 13.6. The van der Waals surface area contributed by atoms with Gasteiger partial charge in [-0.2, -0.15) is 0 Å². The number of Topliss-reactive ketones (excluding diaryl/α,β-unsaturated/α-hetero) is 1. The number of ketones is 1. The summed E-state index contributed by atoms with van der Waals surface area (Å²) in [6.45, 7) is 7.03. The molecule has 2 aliphatic rings. The zero-order valence-electron chi connectivity index (χ0n) is 23.6. The molecule has 0 heterocycles. The second-order valence-corrected chi connectivity index (χ2v) is 93.4. The van der Waals surface area contributed by atoms with Crippen molar-refractivity contribution in [2.75, 3.05) is 0 Å². The van der Waals surface area contributed by atoms with Gasteiger partial charge in [-0.15, -0.1) is 98.2 Å². The topological polar surface area (TPSA) is 35.5 Å². The van der Waals surface area contributed by atoms with Crippen molar-refractivity contribution in [3.05, 3.63) is 11.1 Å². The van der Waals surface area contributed by atoms with E-state index >= 15 is 0 Å². The zero-order chi connectivity index (χ0) is 31.6. The second kappa shape index (κ2) is 21.9. The lowest BCUT2D eigenvalue weighted by Crippen LogP contribution is -2.45. The van der Waals surface area contributed by atoms with Gasteiger partial charge in [0.2, 0.25) is 0 Å². The van der Waals surface area contributed by atoms with Crippen LogP contribution in [0.15, 0.2) is 11.1 Å². The molecule has 26 heteroatoms. The van der Waals surface area contributed by atoms with Gasteiger partial charge in [0.1, 0.15) is 5.78 Å². The van der Waals surface area contributed by atoms with Crippen LogP contribution in [0, 0.1) is 17.3 Å². The summed E-state index contributed by atoms with van der Waals surface area (Å²) in [5.74, 6) is 0.694. The average Bonchev–Trinajstić information content (AvgIpc) is 2.83. The molecule has 240 valence electrons.